The first-order valence-corrected chi connectivity index (χ1v) is 6.92. The minimum atomic E-state index is -0.535. The highest BCUT2D eigenvalue weighted by molar-refractivity contribution is 5.95. The van der Waals surface area contributed by atoms with Crippen LogP contribution in [0.2, 0.25) is 0 Å². The Morgan fingerprint density at radius 3 is 2.77 bits per heavy atom. The van der Waals surface area contributed by atoms with Crippen LogP contribution < -0.4 is 5.32 Å². The zero-order valence-corrected chi connectivity index (χ0v) is 12.0. The first kappa shape index (κ1) is 14.2. The van der Waals surface area contributed by atoms with Gasteiger partial charge >= 0.3 is 0 Å². The average Bonchev–Trinajstić information content (AvgIpc) is 2.97. The number of carbonyl (C=O) groups is 2. The van der Waals surface area contributed by atoms with Crippen molar-refractivity contribution < 1.29 is 14.0 Å². The minimum Gasteiger partial charge on any atom is -0.354 e. The van der Waals surface area contributed by atoms with Gasteiger partial charge in [-0.25, -0.2) is 9.37 Å². The Balaban J connectivity index is 1.83. The van der Waals surface area contributed by atoms with Crippen LogP contribution in [0, 0.1) is 5.82 Å². The van der Waals surface area contributed by atoms with Gasteiger partial charge in [-0.1, -0.05) is 12.1 Å². The number of nitrogens with zero attached hydrogens (tertiary/aromatic N) is 3. The predicted octanol–water partition coefficient (Wildman–Crippen LogP) is 1.04. The van der Waals surface area contributed by atoms with Crippen molar-refractivity contribution >= 4 is 11.8 Å². The van der Waals surface area contributed by atoms with Gasteiger partial charge in [-0.15, -0.1) is 0 Å². The van der Waals surface area contributed by atoms with E-state index in [0.29, 0.717) is 24.6 Å². The van der Waals surface area contributed by atoms with E-state index in [2.05, 4.69) is 10.3 Å². The lowest BCUT2D eigenvalue weighted by atomic mass is 10.1. The Bertz CT molecular complexity index is 741. The van der Waals surface area contributed by atoms with Crippen molar-refractivity contribution in [2.24, 2.45) is 0 Å². The Kier molecular flexibility index (Phi) is 3.62. The van der Waals surface area contributed by atoms with Crippen molar-refractivity contribution in [2.45, 2.75) is 13.1 Å². The maximum absolute atomic E-state index is 13.7. The van der Waals surface area contributed by atoms with Crippen molar-refractivity contribution in [3.8, 4) is 0 Å². The van der Waals surface area contributed by atoms with Crippen LogP contribution >= 0.6 is 0 Å². The Morgan fingerprint density at radius 2 is 2.05 bits per heavy atom. The summed E-state index contributed by atoms with van der Waals surface area (Å²) in [5.74, 6) is -0.497. The molecule has 0 unspecified atom stereocenters. The molecule has 1 aliphatic rings. The molecule has 7 heteroatoms. The van der Waals surface area contributed by atoms with E-state index in [1.54, 1.807) is 23.7 Å². The number of hydrogen-bond donors (Lipinski definition) is 1. The van der Waals surface area contributed by atoms with Gasteiger partial charge in [-0.3, -0.25) is 9.59 Å². The molecular formula is C15H15FN4O2. The maximum Gasteiger partial charge on any atom is 0.269 e. The molecule has 0 saturated carbocycles. The van der Waals surface area contributed by atoms with Crippen molar-refractivity contribution in [1.29, 1.82) is 0 Å². The standard InChI is InChI=1S/C15H15FN4O2/c1-17-14(21)12-8-18-13-9-19(6-7-20(12)13)15(22)10-4-2-3-5-11(10)16/h2-5,8H,6-7,9H2,1H3,(H,17,21). The van der Waals surface area contributed by atoms with Crippen LogP contribution in [0.5, 0.6) is 0 Å². The van der Waals surface area contributed by atoms with E-state index < -0.39 is 5.82 Å². The summed E-state index contributed by atoms with van der Waals surface area (Å²) >= 11 is 0. The zero-order chi connectivity index (χ0) is 15.7. The summed E-state index contributed by atoms with van der Waals surface area (Å²) in [6, 6.07) is 5.91. The molecule has 2 amide bonds. The summed E-state index contributed by atoms with van der Waals surface area (Å²) in [4.78, 5) is 29.8. The SMILES string of the molecule is CNC(=O)c1cnc2n1CCN(C(=O)c1ccccc1F)C2. The molecule has 1 aromatic heterocycles. The number of benzene rings is 1. The normalized spacial score (nSPS) is 13.6. The van der Waals surface area contributed by atoms with Crippen LogP contribution in [0.3, 0.4) is 0 Å². The van der Waals surface area contributed by atoms with Gasteiger partial charge in [0, 0.05) is 20.1 Å². The lowest BCUT2D eigenvalue weighted by molar-refractivity contribution is 0.0701. The van der Waals surface area contributed by atoms with Crippen LogP contribution in [0.15, 0.2) is 30.5 Å². The molecule has 0 spiro atoms. The fraction of sp³-hybridized carbons (Fsp3) is 0.267. The molecule has 0 atom stereocenters. The van der Waals surface area contributed by atoms with Gasteiger partial charge in [0.05, 0.1) is 18.3 Å². The van der Waals surface area contributed by atoms with E-state index in [-0.39, 0.29) is 23.9 Å². The second-order valence-corrected chi connectivity index (χ2v) is 5.00. The number of rotatable bonds is 2. The predicted molar refractivity (Wildman–Crippen MR) is 76.8 cm³/mol. The molecule has 2 heterocycles. The molecular weight excluding hydrogens is 287 g/mol. The van der Waals surface area contributed by atoms with Gasteiger partial charge in [0.2, 0.25) is 0 Å². The van der Waals surface area contributed by atoms with E-state index in [9.17, 15) is 14.0 Å². The second kappa shape index (κ2) is 5.59. The zero-order valence-electron chi connectivity index (χ0n) is 12.0. The van der Waals surface area contributed by atoms with Gasteiger partial charge in [0.1, 0.15) is 17.3 Å². The van der Waals surface area contributed by atoms with Gasteiger partial charge < -0.3 is 14.8 Å². The molecule has 0 radical (unpaired) electrons. The van der Waals surface area contributed by atoms with Crippen LogP contribution in [0.1, 0.15) is 26.7 Å². The fourth-order valence-electron chi connectivity index (χ4n) is 2.55. The van der Waals surface area contributed by atoms with Crippen molar-refractivity contribution in [2.75, 3.05) is 13.6 Å². The van der Waals surface area contributed by atoms with Crippen molar-refractivity contribution in [3.05, 3.63) is 53.4 Å². The lowest BCUT2D eigenvalue weighted by Gasteiger charge is -2.28. The van der Waals surface area contributed by atoms with Crippen LogP contribution in [-0.2, 0) is 13.1 Å². The maximum atomic E-state index is 13.7. The van der Waals surface area contributed by atoms with Crippen LogP contribution in [-0.4, -0.2) is 39.9 Å². The number of amides is 2. The molecule has 114 valence electrons. The molecule has 1 aromatic carbocycles. The third-order valence-electron chi connectivity index (χ3n) is 3.72. The molecule has 6 nitrogen and oxygen atoms in total. The highest BCUT2D eigenvalue weighted by Gasteiger charge is 2.26. The van der Waals surface area contributed by atoms with E-state index >= 15 is 0 Å². The fourth-order valence-corrected chi connectivity index (χ4v) is 2.55. The second-order valence-electron chi connectivity index (χ2n) is 5.00. The van der Waals surface area contributed by atoms with Crippen molar-refractivity contribution in [1.82, 2.24) is 19.8 Å². The number of carbonyl (C=O) groups excluding carboxylic acids is 2. The van der Waals surface area contributed by atoms with Crippen LogP contribution in [0.25, 0.3) is 0 Å². The van der Waals surface area contributed by atoms with E-state index in [4.69, 9.17) is 0 Å². The highest BCUT2D eigenvalue weighted by Crippen LogP contribution is 2.18. The summed E-state index contributed by atoms with van der Waals surface area (Å²) in [5, 5.41) is 2.55. The number of fused-ring (bicyclic) bond motifs is 1. The van der Waals surface area contributed by atoms with E-state index in [0.717, 1.165) is 0 Å². The molecule has 0 fully saturated rings. The van der Waals surface area contributed by atoms with Gasteiger partial charge in [-0.2, -0.15) is 0 Å². The third-order valence-corrected chi connectivity index (χ3v) is 3.72. The molecule has 0 bridgehead atoms. The largest absolute Gasteiger partial charge is 0.354 e. The van der Waals surface area contributed by atoms with Gasteiger partial charge in [0.25, 0.3) is 11.8 Å². The average molecular weight is 302 g/mol. The molecule has 0 saturated heterocycles. The summed E-state index contributed by atoms with van der Waals surface area (Å²) in [6.45, 7) is 1.11. The summed E-state index contributed by atoms with van der Waals surface area (Å²) in [6.07, 6.45) is 1.49. The molecule has 0 aliphatic carbocycles. The molecule has 2 aromatic rings. The van der Waals surface area contributed by atoms with Crippen molar-refractivity contribution in [3.63, 3.8) is 0 Å². The monoisotopic (exact) mass is 302 g/mol. The summed E-state index contributed by atoms with van der Waals surface area (Å²) < 4.78 is 15.5. The number of halogens is 1. The van der Waals surface area contributed by atoms with Gasteiger partial charge in [0.15, 0.2) is 0 Å². The summed E-state index contributed by atoms with van der Waals surface area (Å²) in [7, 11) is 1.55. The Hall–Kier alpha value is -2.70. The number of nitrogens with one attached hydrogen (secondary N) is 1. The van der Waals surface area contributed by atoms with Gasteiger partial charge in [-0.05, 0) is 12.1 Å². The van der Waals surface area contributed by atoms with Crippen LogP contribution in [0.4, 0.5) is 4.39 Å². The summed E-state index contributed by atoms with van der Waals surface area (Å²) in [5.41, 5.74) is 0.518. The minimum absolute atomic E-state index is 0.0500. The molecule has 1 aliphatic heterocycles. The van der Waals surface area contributed by atoms with E-state index in [1.807, 2.05) is 0 Å². The topological polar surface area (TPSA) is 67.2 Å². The quantitative estimate of drug-likeness (QED) is 0.901. The first-order chi connectivity index (χ1) is 10.6. The molecule has 1 N–H and O–H groups in total. The highest BCUT2D eigenvalue weighted by atomic mass is 19.1. The molecule has 3 rings (SSSR count). The number of hydrogen-bond acceptors (Lipinski definition) is 3. The smallest absolute Gasteiger partial charge is 0.269 e. The third kappa shape index (κ3) is 2.34. The number of aromatic nitrogens is 2. The number of imidazole rings is 1. The lowest BCUT2D eigenvalue weighted by Crippen LogP contribution is -2.39. The Morgan fingerprint density at radius 1 is 1.27 bits per heavy atom. The first-order valence-electron chi connectivity index (χ1n) is 6.92. The van der Waals surface area contributed by atoms with E-state index in [1.165, 1.54) is 23.2 Å². The Labute approximate surface area is 126 Å². The molecule has 22 heavy (non-hydrogen) atoms.